The van der Waals surface area contributed by atoms with Gasteiger partial charge in [0.25, 0.3) is 5.91 Å². The quantitative estimate of drug-likeness (QED) is 0.338. The number of aliphatic hydroxyl groups is 1. The summed E-state index contributed by atoms with van der Waals surface area (Å²) in [5.74, 6) is 5.25. The minimum Gasteiger partial charge on any atom is -0.391 e. The number of rotatable bonds is 6. The average molecular weight is 520 g/mol. The van der Waals surface area contributed by atoms with Gasteiger partial charge < -0.3 is 25.6 Å². The average Bonchev–Trinajstić information content (AvgIpc) is 3.35. The number of aryl methyl sites for hydroxylation is 1. The first-order valence-corrected chi connectivity index (χ1v) is 12.6. The highest BCUT2D eigenvalue weighted by molar-refractivity contribution is 6.00. The number of halogens is 1. The molecule has 0 unspecified atom stereocenters. The first-order chi connectivity index (χ1) is 18.1. The normalized spacial score (nSPS) is 19.8. The SMILES string of the molecule is C=CC(=O)N1C[C@@H](n2nc(C#Cc3cc4nc(C)n(C5CC5)c4cc3F)c(C(N)=O)c2NC)C[C@@H]1[C@@H](C)O. The molecule has 10 nitrogen and oxygen atoms in total. The number of anilines is 1. The Morgan fingerprint density at radius 3 is 2.66 bits per heavy atom. The monoisotopic (exact) mass is 519 g/mol. The van der Waals surface area contributed by atoms with Crippen molar-refractivity contribution in [3.8, 4) is 11.8 Å². The van der Waals surface area contributed by atoms with Gasteiger partial charge in [-0.2, -0.15) is 5.10 Å². The summed E-state index contributed by atoms with van der Waals surface area (Å²) in [5, 5.41) is 17.8. The van der Waals surface area contributed by atoms with Crippen LogP contribution in [0, 0.1) is 24.6 Å². The van der Waals surface area contributed by atoms with Gasteiger partial charge in [-0.05, 0) is 51.2 Å². The molecule has 11 heteroatoms. The van der Waals surface area contributed by atoms with E-state index in [9.17, 15) is 14.7 Å². The van der Waals surface area contributed by atoms with Gasteiger partial charge in [0.05, 0.1) is 34.8 Å². The van der Waals surface area contributed by atoms with E-state index >= 15 is 4.39 Å². The first kappa shape index (κ1) is 25.5. The van der Waals surface area contributed by atoms with Gasteiger partial charge in [-0.3, -0.25) is 9.59 Å². The van der Waals surface area contributed by atoms with Crippen LogP contribution in [-0.4, -0.2) is 66.9 Å². The van der Waals surface area contributed by atoms with E-state index < -0.39 is 23.9 Å². The van der Waals surface area contributed by atoms with E-state index in [1.165, 1.54) is 17.0 Å². The van der Waals surface area contributed by atoms with Gasteiger partial charge in [-0.15, -0.1) is 0 Å². The molecule has 3 aromatic rings. The standard InChI is InChI=1S/C27H30FN7O3/c1-5-24(37)33-13-18(11-22(33)14(2)36)35-27(30-4)25(26(29)38)20(32-35)9-6-16-10-21-23(12-19(16)28)34(15(3)31-21)17-7-8-17/h5,10,12,14,17-18,22,30,36H,1,7-8,11,13H2,2-4H3,(H2,29,38)/t14-,18+,22-/m1/s1. The number of likely N-dealkylation sites (tertiary alicyclic amines) is 1. The topological polar surface area (TPSA) is 131 Å². The number of fused-ring (bicyclic) bond motifs is 1. The summed E-state index contributed by atoms with van der Waals surface area (Å²) in [5.41, 5.74) is 7.37. The molecule has 0 radical (unpaired) electrons. The molecule has 1 aromatic carbocycles. The van der Waals surface area contributed by atoms with Crippen molar-refractivity contribution in [2.75, 3.05) is 18.9 Å². The molecule has 2 aromatic heterocycles. The van der Waals surface area contributed by atoms with Gasteiger partial charge in [0.15, 0.2) is 5.69 Å². The summed E-state index contributed by atoms with van der Waals surface area (Å²) in [6.45, 7) is 7.31. The molecule has 0 bridgehead atoms. The molecule has 3 atom stereocenters. The molecule has 1 aliphatic carbocycles. The van der Waals surface area contributed by atoms with E-state index in [-0.39, 0.29) is 35.3 Å². The van der Waals surface area contributed by atoms with Crippen LogP contribution in [0.15, 0.2) is 24.8 Å². The fraction of sp³-hybridized carbons (Fsp3) is 0.407. The van der Waals surface area contributed by atoms with E-state index in [2.05, 4.69) is 38.4 Å². The van der Waals surface area contributed by atoms with Gasteiger partial charge in [0.1, 0.15) is 23.0 Å². The lowest BCUT2D eigenvalue weighted by molar-refractivity contribution is -0.128. The molecule has 3 heterocycles. The van der Waals surface area contributed by atoms with Crippen LogP contribution in [-0.2, 0) is 4.79 Å². The molecule has 1 saturated carbocycles. The first-order valence-electron chi connectivity index (χ1n) is 12.6. The number of carbonyl (C=O) groups is 2. The number of imidazole rings is 1. The second-order valence-electron chi connectivity index (χ2n) is 9.85. The minimum absolute atomic E-state index is 0.0671. The predicted molar refractivity (Wildman–Crippen MR) is 140 cm³/mol. The summed E-state index contributed by atoms with van der Waals surface area (Å²) in [6, 6.07) is 2.60. The van der Waals surface area contributed by atoms with E-state index in [1.807, 2.05) is 6.92 Å². The van der Waals surface area contributed by atoms with Crippen LogP contribution in [0.3, 0.4) is 0 Å². The third-order valence-electron chi connectivity index (χ3n) is 7.26. The Bertz CT molecular complexity index is 1520. The number of aromatic nitrogens is 4. The fourth-order valence-electron chi connectivity index (χ4n) is 5.36. The minimum atomic E-state index is -0.780. The number of hydrogen-bond acceptors (Lipinski definition) is 6. The Hall–Kier alpha value is -4.17. The fourth-order valence-corrected chi connectivity index (χ4v) is 5.36. The number of carbonyl (C=O) groups excluding carboxylic acids is 2. The molecular formula is C27H30FN7O3. The summed E-state index contributed by atoms with van der Waals surface area (Å²) >= 11 is 0. The van der Waals surface area contributed by atoms with Crippen molar-refractivity contribution in [2.45, 2.75) is 57.3 Å². The zero-order valence-electron chi connectivity index (χ0n) is 21.5. The van der Waals surface area contributed by atoms with Crippen LogP contribution in [0.1, 0.15) is 65.7 Å². The maximum Gasteiger partial charge on any atom is 0.255 e. The number of nitrogens with zero attached hydrogens (tertiary/aromatic N) is 5. The largest absolute Gasteiger partial charge is 0.391 e. The molecule has 2 fully saturated rings. The predicted octanol–water partition coefficient (Wildman–Crippen LogP) is 2.26. The number of amides is 2. The molecular weight excluding hydrogens is 489 g/mol. The number of primary amides is 1. The Morgan fingerprint density at radius 2 is 2.05 bits per heavy atom. The molecule has 198 valence electrons. The lowest BCUT2D eigenvalue weighted by atomic mass is 10.1. The highest BCUT2D eigenvalue weighted by Gasteiger charge is 2.40. The molecule has 5 rings (SSSR count). The number of hydrogen-bond donors (Lipinski definition) is 3. The third-order valence-corrected chi connectivity index (χ3v) is 7.26. The number of nitrogens with two attached hydrogens (primary N) is 1. The number of nitrogens with one attached hydrogen (secondary N) is 1. The number of benzene rings is 1. The maximum absolute atomic E-state index is 15.1. The highest BCUT2D eigenvalue weighted by Crippen LogP contribution is 2.39. The van der Waals surface area contributed by atoms with E-state index in [0.717, 1.165) is 24.2 Å². The molecule has 4 N–H and O–H groups in total. The van der Waals surface area contributed by atoms with Crippen LogP contribution >= 0.6 is 0 Å². The maximum atomic E-state index is 15.1. The second kappa shape index (κ2) is 9.61. The molecule has 2 amide bonds. The van der Waals surface area contributed by atoms with Crippen molar-refractivity contribution in [2.24, 2.45) is 5.73 Å². The molecule has 38 heavy (non-hydrogen) atoms. The van der Waals surface area contributed by atoms with E-state index in [1.54, 1.807) is 24.7 Å². The summed E-state index contributed by atoms with van der Waals surface area (Å²) in [4.78, 5) is 31.0. The Labute approximate surface area is 219 Å². The second-order valence-corrected chi connectivity index (χ2v) is 9.85. The summed E-state index contributed by atoms with van der Waals surface area (Å²) in [6.07, 6.45) is 2.93. The summed E-state index contributed by atoms with van der Waals surface area (Å²) < 4.78 is 18.7. The Kier molecular flexibility index (Phi) is 6.44. The summed E-state index contributed by atoms with van der Waals surface area (Å²) in [7, 11) is 1.62. The van der Waals surface area contributed by atoms with E-state index in [0.29, 0.717) is 23.8 Å². The van der Waals surface area contributed by atoms with Gasteiger partial charge in [0.2, 0.25) is 5.91 Å². The van der Waals surface area contributed by atoms with Crippen molar-refractivity contribution in [1.29, 1.82) is 0 Å². The third kappa shape index (κ3) is 4.31. The van der Waals surface area contributed by atoms with Crippen molar-refractivity contribution in [3.63, 3.8) is 0 Å². The smallest absolute Gasteiger partial charge is 0.255 e. The zero-order valence-corrected chi connectivity index (χ0v) is 21.5. The highest BCUT2D eigenvalue weighted by atomic mass is 19.1. The van der Waals surface area contributed by atoms with Crippen molar-refractivity contribution < 1.29 is 19.1 Å². The van der Waals surface area contributed by atoms with Crippen LogP contribution < -0.4 is 11.1 Å². The van der Waals surface area contributed by atoms with Crippen molar-refractivity contribution in [1.82, 2.24) is 24.2 Å². The Balaban J connectivity index is 1.54. The van der Waals surface area contributed by atoms with E-state index in [4.69, 9.17) is 5.73 Å². The molecule has 0 spiro atoms. The van der Waals surface area contributed by atoms with Crippen LogP contribution in [0.5, 0.6) is 0 Å². The molecule has 2 aliphatic rings. The lowest BCUT2D eigenvalue weighted by Gasteiger charge is -2.25. The van der Waals surface area contributed by atoms with Crippen molar-refractivity contribution in [3.05, 3.63) is 53.3 Å². The molecule has 1 saturated heterocycles. The molecule has 1 aliphatic heterocycles. The number of aliphatic hydroxyl groups excluding tert-OH is 1. The van der Waals surface area contributed by atoms with Crippen LogP contribution in [0.2, 0.25) is 0 Å². The van der Waals surface area contributed by atoms with Gasteiger partial charge in [-0.1, -0.05) is 12.5 Å². The Morgan fingerprint density at radius 1 is 1.32 bits per heavy atom. The van der Waals surface area contributed by atoms with Crippen LogP contribution in [0.4, 0.5) is 10.2 Å². The zero-order chi connectivity index (χ0) is 27.3. The van der Waals surface area contributed by atoms with Crippen LogP contribution in [0.25, 0.3) is 11.0 Å². The van der Waals surface area contributed by atoms with Crippen molar-refractivity contribution >= 4 is 28.7 Å². The van der Waals surface area contributed by atoms with Gasteiger partial charge in [0, 0.05) is 25.7 Å². The van der Waals surface area contributed by atoms with Gasteiger partial charge >= 0.3 is 0 Å². The van der Waals surface area contributed by atoms with Gasteiger partial charge in [-0.25, -0.2) is 14.1 Å². The lowest BCUT2D eigenvalue weighted by Crippen LogP contribution is -2.40.